The minimum atomic E-state index is -0.521. The third-order valence-electron chi connectivity index (χ3n) is 4.45. The number of morpholine rings is 1. The molecule has 1 aromatic heterocycles. The number of aliphatic hydroxyl groups is 1. The summed E-state index contributed by atoms with van der Waals surface area (Å²) in [6, 6.07) is 2.08. The van der Waals surface area contributed by atoms with E-state index in [4.69, 9.17) is 4.74 Å². The molecule has 5 nitrogen and oxygen atoms in total. The van der Waals surface area contributed by atoms with E-state index in [1.807, 2.05) is 0 Å². The van der Waals surface area contributed by atoms with E-state index in [1.165, 1.54) is 10.4 Å². The van der Waals surface area contributed by atoms with Crippen LogP contribution in [0.25, 0.3) is 0 Å². The van der Waals surface area contributed by atoms with Gasteiger partial charge in [0.15, 0.2) is 0 Å². The third kappa shape index (κ3) is 3.87. The van der Waals surface area contributed by atoms with Gasteiger partial charge in [0, 0.05) is 31.1 Å². The molecule has 122 valence electrons. The fraction of sp³-hybridized carbons (Fsp3) is 0.688. The van der Waals surface area contributed by atoms with Crippen LogP contribution in [-0.2, 0) is 16.0 Å². The fourth-order valence-electron chi connectivity index (χ4n) is 3.25. The Morgan fingerprint density at radius 2 is 2.32 bits per heavy atom. The van der Waals surface area contributed by atoms with Crippen LogP contribution < -0.4 is 5.32 Å². The lowest BCUT2D eigenvalue weighted by molar-refractivity contribution is -0.123. The molecule has 2 atom stereocenters. The molecule has 1 amide bonds. The van der Waals surface area contributed by atoms with Crippen molar-refractivity contribution in [2.75, 3.05) is 39.4 Å². The van der Waals surface area contributed by atoms with Crippen molar-refractivity contribution in [2.24, 2.45) is 0 Å². The molecule has 1 aliphatic heterocycles. The Kier molecular flexibility index (Phi) is 5.46. The Morgan fingerprint density at radius 1 is 1.50 bits per heavy atom. The van der Waals surface area contributed by atoms with Crippen molar-refractivity contribution >= 4 is 17.2 Å². The number of hydrogen-bond donors (Lipinski definition) is 2. The zero-order chi connectivity index (χ0) is 15.4. The molecule has 2 aliphatic rings. The first-order valence-electron chi connectivity index (χ1n) is 8.06. The molecule has 0 aromatic carbocycles. The van der Waals surface area contributed by atoms with Gasteiger partial charge in [-0.3, -0.25) is 9.69 Å². The van der Waals surface area contributed by atoms with Gasteiger partial charge < -0.3 is 15.2 Å². The van der Waals surface area contributed by atoms with E-state index < -0.39 is 6.10 Å². The highest BCUT2D eigenvalue weighted by Gasteiger charge is 2.27. The maximum absolute atomic E-state index is 12.4. The number of fused-ring (bicyclic) bond motifs is 1. The average molecular weight is 324 g/mol. The van der Waals surface area contributed by atoms with Gasteiger partial charge in [-0.15, -0.1) is 11.3 Å². The Labute approximate surface area is 135 Å². The molecule has 1 fully saturated rings. The number of aliphatic hydroxyl groups excluding tert-OH is 1. The van der Waals surface area contributed by atoms with Gasteiger partial charge in [0.1, 0.15) is 0 Å². The Hall–Kier alpha value is -0.950. The molecule has 1 saturated heterocycles. The molecule has 3 rings (SSSR count). The van der Waals surface area contributed by atoms with Crippen LogP contribution in [0.1, 0.15) is 29.2 Å². The van der Waals surface area contributed by atoms with E-state index >= 15 is 0 Å². The quantitative estimate of drug-likeness (QED) is 0.847. The highest BCUT2D eigenvalue weighted by Crippen LogP contribution is 2.34. The molecule has 0 spiro atoms. The second-order valence-electron chi connectivity index (χ2n) is 6.06. The number of thiophene rings is 1. The van der Waals surface area contributed by atoms with Crippen molar-refractivity contribution in [3.8, 4) is 0 Å². The molecule has 0 radical (unpaired) electrons. The SMILES string of the molecule is O=C(NC[C@@H](O)CN1CCOCC1)[C@@H]1CCCc2sccc21. The minimum absolute atomic E-state index is 0.0365. The lowest BCUT2D eigenvalue weighted by atomic mass is 9.87. The van der Waals surface area contributed by atoms with Crippen LogP contribution in [-0.4, -0.2) is 61.4 Å². The van der Waals surface area contributed by atoms with E-state index in [0.717, 1.165) is 45.6 Å². The highest BCUT2D eigenvalue weighted by molar-refractivity contribution is 7.10. The van der Waals surface area contributed by atoms with Crippen molar-refractivity contribution < 1.29 is 14.6 Å². The van der Waals surface area contributed by atoms with Crippen LogP contribution in [0.15, 0.2) is 11.4 Å². The largest absolute Gasteiger partial charge is 0.390 e. The minimum Gasteiger partial charge on any atom is -0.390 e. The van der Waals surface area contributed by atoms with E-state index in [9.17, 15) is 9.90 Å². The number of ether oxygens (including phenoxy) is 1. The number of β-amino-alcohol motifs (C(OH)–C–C–N with tert-alkyl or cyclic N) is 1. The number of aryl methyl sites for hydroxylation is 1. The molecule has 6 heteroatoms. The maximum Gasteiger partial charge on any atom is 0.227 e. The molecule has 1 aliphatic carbocycles. The lowest BCUT2D eigenvalue weighted by Gasteiger charge is -2.29. The number of carbonyl (C=O) groups is 1. The van der Waals surface area contributed by atoms with Crippen molar-refractivity contribution in [1.29, 1.82) is 0 Å². The highest BCUT2D eigenvalue weighted by atomic mass is 32.1. The van der Waals surface area contributed by atoms with Crippen LogP contribution in [0.4, 0.5) is 0 Å². The van der Waals surface area contributed by atoms with Gasteiger partial charge in [0.25, 0.3) is 0 Å². The number of amides is 1. The molecule has 0 unspecified atom stereocenters. The van der Waals surface area contributed by atoms with Crippen LogP contribution in [0.5, 0.6) is 0 Å². The van der Waals surface area contributed by atoms with E-state index in [1.54, 1.807) is 11.3 Å². The summed E-state index contributed by atoms with van der Waals surface area (Å²) in [7, 11) is 0. The van der Waals surface area contributed by atoms with Gasteiger partial charge in [0.2, 0.25) is 5.91 Å². The molecular formula is C16H24N2O3S. The summed E-state index contributed by atoms with van der Waals surface area (Å²) in [5.74, 6) is 0.0194. The molecule has 1 aromatic rings. The summed E-state index contributed by atoms with van der Waals surface area (Å²) in [5.41, 5.74) is 1.19. The van der Waals surface area contributed by atoms with Crippen molar-refractivity contribution in [3.05, 3.63) is 21.9 Å². The molecular weight excluding hydrogens is 300 g/mol. The summed E-state index contributed by atoms with van der Waals surface area (Å²) >= 11 is 1.75. The van der Waals surface area contributed by atoms with Gasteiger partial charge in [-0.2, -0.15) is 0 Å². The molecule has 0 bridgehead atoms. The van der Waals surface area contributed by atoms with Crippen molar-refractivity contribution in [1.82, 2.24) is 10.2 Å². The zero-order valence-electron chi connectivity index (χ0n) is 12.8. The number of hydrogen-bond acceptors (Lipinski definition) is 5. The monoisotopic (exact) mass is 324 g/mol. The molecule has 22 heavy (non-hydrogen) atoms. The molecule has 0 saturated carbocycles. The number of carbonyl (C=O) groups excluding carboxylic acids is 1. The van der Waals surface area contributed by atoms with Gasteiger partial charge >= 0.3 is 0 Å². The smallest absolute Gasteiger partial charge is 0.227 e. The molecule has 2 N–H and O–H groups in total. The summed E-state index contributed by atoms with van der Waals surface area (Å²) in [6.45, 7) is 4.08. The predicted octanol–water partition coefficient (Wildman–Crippen LogP) is 0.977. The third-order valence-corrected chi connectivity index (χ3v) is 5.45. The second kappa shape index (κ2) is 7.55. The van der Waals surface area contributed by atoms with E-state index in [0.29, 0.717) is 13.1 Å². The topological polar surface area (TPSA) is 61.8 Å². The first-order chi connectivity index (χ1) is 10.7. The standard InChI is InChI=1S/C16H24N2O3S/c19-12(11-18-5-7-21-8-6-18)10-17-16(20)14-2-1-3-15-13(14)4-9-22-15/h4,9,12,14,19H,1-3,5-8,10-11H2,(H,17,20)/t12-,14-/m1/s1. The van der Waals surface area contributed by atoms with Crippen LogP contribution in [0.2, 0.25) is 0 Å². The number of nitrogens with one attached hydrogen (secondary N) is 1. The summed E-state index contributed by atoms with van der Waals surface area (Å²) in [6.07, 6.45) is 2.56. The zero-order valence-corrected chi connectivity index (χ0v) is 13.6. The summed E-state index contributed by atoms with van der Waals surface area (Å²) in [5, 5.41) is 15.1. The van der Waals surface area contributed by atoms with Crippen molar-refractivity contribution in [2.45, 2.75) is 31.3 Å². The normalized spacial score (nSPS) is 23.8. The van der Waals surface area contributed by atoms with Crippen LogP contribution in [0, 0.1) is 0 Å². The van der Waals surface area contributed by atoms with E-state index in [-0.39, 0.29) is 11.8 Å². The van der Waals surface area contributed by atoms with E-state index in [2.05, 4.69) is 21.7 Å². The number of rotatable bonds is 5. The van der Waals surface area contributed by atoms with Gasteiger partial charge in [-0.25, -0.2) is 0 Å². The summed E-state index contributed by atoms with van der Waals surface area (Å²) in [4.78, 5) is 15.9. The van der Waals surface area contributed by atoms with Crippen LogP contribution >= 0.6 is 11.3 Å². The summed E-state index contributed by atoms with van der Waals surface area (Å²) < 4.78 is 5.29. The van der Waals surface area contributed by atoms with Crippen LogP contribution in [0.3, 0.4) is 0 Å². The van der Waals surface area contributed by atoms with Gasteiger partial charge in [-0.05, 0) is 36.3 Å². The fourth-order valence-corrected chi connectivity index (χ4v) is 4.23. The lowest BCUT2D eigenvalue weighted by Crippen LogP contribution is -2.45. The van der Waals surface area contributed by atoms with Crippen molar-refractivity contribution in [3.63, 3.8) is 0 Å². The second-order valence-corrected chi connectivity index (χ2v) is 7.06. The maximum atomic E-state index is 12.4. The Bertz CT molecular complexity index is 499. The first kappa shape index (κ1) is 15.9. The Morgan fingerprint density at radius 3 is 3.14 bits per heavy atom. The van der Waals surface area contributed by atoms with Gasteiger partial charge in [-0.1, -0.05) is 0 Å². The van der Waals surface area contributed by atoms with Gasteiger partial charge in [0.05, 0.1) is 25.2 Å². The average Bonchev–Trinajstić information content (AvgIpc) is 3.02. The molecule has 2 heterocycles. The Balaban J connectivity index is 1.46. The number of nitrogens with zero attached hydrogens (tertiary/aromatic N) is 1. The first-order valence-corrected chi connectivity index (χ1v) is 8.94. The predicted molar refractivity (Wildman–Crippen MR) is 86.3 cm³/mol.